The van der Waals surface area contributed by atoms with Crippen LogP contribution >= 0.6 is 0 Å². The predicted octanol–water partition coefficient (Wildman–Crippen LogP) is 4.91. The van der Waals surface area contributed by atoms with Gasteiger partial charge in [-0.2, -0.15) is 0 Å². The summed E-state index contributed by atoms with van der Waals surface area (Å²) in [5, 5.41) is 21.2. The van der Waals surface area contributed by atoms with Gasteiger partial charge in [0.1, 0.15) is 6.29 Å². The SMILES string of the molecule is CC(CO)C1=C2[C@H]3C[C@@H](CC(=O)c4ccccc4)C(C=O)=C[C@H](O)[C@]3(C)CC[C@@]2(C)CC1. The van der Waals surface area contributed by atoms with Gasteiger partial charge in [0, 0.05) is 29.9 Å². The Kier molecular flexibility index (Phi) is 6.30. The number of aliphatic hydroxyl groups is 2. The molecule has 1 aromatic carbocycles. The molecule has 0 aliphatic heterocycles. The summed E-state index contributed by atoms with van der Waals surface area (Å²) in [5.41, 5.74) is 3.63. The van der Waals surface area contributed by atoms with E-state index < -0.39 is 6.10 Å². The molecule has 4 nitrogen and oxygen atoms in total. The fourth-order valence-corrected chi connectivity index (χ4v) is 6.62. The first-order valence-electron chi connectivity index (χ1n) is 12.0. The standard InChI is InChI=1S/C28H36O4/c1-18(16-29)22-9-10-27(2)11-12-28(3)23(26(22)27)13-20(21(17-30)15-25(28)32)14-24(31)19-7-5-4-6-8-19/h4-8,15,17-18,20,23,25,29,32H,9-14,16H2,1-3H3/t18?,20-,23+,25-,27+,28+/m0/s1. The molecule has 0 spiro atoms. The minimum absolute atomic E-state index is 0.0318. The Morgan fingerprint density at radius 3 is 2.56 bits per heavy atom. The minimum Gasteiger partial charge on any atom is -0.396 e. The summed E-state index contributed by atoms with van der Waals surface area (Å²) in [7, 11) is 0. The molecular weight excluding hydrogens is 400 g/mol. The number of carbonyl (C=O) groups is 2. The molecule has 6 atom stereocenters. The van der Waals surface area contributed by atoms with Crippen molar-refractivity contribution in [2.45, 2.75) is 65.4 Å². The number of aliphatic hydroxyl groups excluding tert-OH is 2. The number of hydrogen-bond acceptors (Lipinski definition) is 4. The van der Waals surface area contributed by atoms with Crippen molar-refractivity contribution in [2.24, 2.45) is 28.6 Å². The van der Waals surface area contributed by atoms with Crippen LogP contribution in [0.3, 0.4) is 0 Å². The van der Waals surface area contributed by atoms with Crippen LogP contribution in [0.5, 0.6) is 0 Å². The monoisotopic (exact) mass is 436 g/mol. The van der Waals surface area contributed by atoms with E-state index in [-0.39, 0.29) is 47.4 Å². The Bertz CT molecular complexity index is 945. The first-order valence-corrected chi connectivity index (χ1v) is 12.0. The van der Waals surface area contributed by atoms with E-state index in [1.54, 1.807) is 6.08 Å². The summed E-state index contributed by atoms with van der Waals surface area (Å²) in [6.45, 7) is 6.68. The number of benzene rings is 1. The second-order valence-corrected chi connectivity index (χ2v) is 10.8. The topological polar surface area (TPSA) is 74.6 Å². The molecule has 172 valence electrons. The molecule has 4 rings (SSSR count). The van der Waals surface area contributed by atoms with Crippen molar-refractivity contribution in [3.05, 3.63) is 58.7 Å². The third-order valence-electron chi connectivity index (χ3n) is 8.85. The van der Waals surface area contributed by atoms with Crippen LogP contribution in [0.4, 0.5) is 0 Å². The zero-order chi connectivity index (χ0) is 23.1. The first kappa shape index (κ1) is 23.1. The fraction of sp³-hybridized carbons (Fsp3) is 0.571. The van der Waals surface area contributed by atoms with E-state index in [2.05, 4.69) is 20.8 Å². The van der Waals surface area contributed by atoms with E-state index in [0.717, 1.165) is 32.0 Å². The molecule has 3 aliphatic rings. The van der Waals surface area contributed by atoms with Gasteiger partial charge in [-0.1, -0.05) is 62.2 Å². The van der Waals surface area contributed by atoms with Crippen molar-refractivity contribution in [3.63, 3.8) is 0 Å². The van der Waals surface area contributed by atoms with E-state index in [1.165, 1.54) is 11.1 Å². The highest BCUT2D eigenvalue weighted by Gasteiger charge is 2.55. The normalized spacial score (nSPS) is 35.4. The summed E-state index contributed by atoms with van der Waals surface area (Å²) in [4.78, 5) is 25.1. The van der Waals surface area contributed by atoms with Crippen LogP contribution in [-0.2, 0) is 4.79 Å². The number of rotatable bonds is 6. The lowest BCUT2D eigenvalue weighted by atomic mass is 9.53. The molecular formula is C28H36O4. The Balaban J connectivity index is 1.76. The third-order valence-corrected chi connectivity index (χ3v) is 8.85. The fourth-order valence-electron chi connectivity index (χ4n) is 6.62. The van der Waals surface area contributed by atoms with Gasteiger partial charge in [-0.05, 0) is 61.0 Å². The largest absolute Gasteiger partial charge is 0.396 e. The molecule has 0 amide bonds. The van der Waals surface area contributed by atoms with E-state index >= 15 is 0 Å². The van der Waals surface area contributed by atoms with Crippen molar-refractivity contribution in [3.8, 4) is 0 Å². The number of allylic oxidation sites excluding steroid dienone is 2. The average Bonchev–Trinajstić information content (AvgIpc) is 3.11. The molecule has 2 N–H and O–H groups in total. The number of aldehydes is 1. The van der Waals surface area contributed by atoms with Gasteiger partial charge in [-0.15, -0.1) is 0 Å². The third kappa shape index (κ3) is 3.82. The van der Waals surface area contributed by atoms with Gasteiger partial charge < -0.3 is 10.2 Å². The Labute approximate surface area is 191 Å². The smallest absolute Gasteiger partial charge is 0.163 e. The van der Waals surface area contributed by atoms with Crippen LogP contribution < -0.4 is 0 Å². The maximum absolute atomic E-state index is 13.1. The van der Waals surface area contributed by atoms with Gasteiger partial charge in [0.05, 0.1) is 6.10 Å². The van der Waals surface area contributed by atoms with E-state index in [4.69, 9.17) is 0 Å². The lowest BCUT2D eigenvalue weighted by molar-refractivity contribution is -0.105. The maximum Gasteiger partial charge on any atom is 0.163 e. The summed E-state index contributed by atoms with van der Waals surface area (Å²) in [5.74, 6) is -0.00493. The zero-order valence-corrected chi connectivity index (χ0v) is 19.5. The highest BCUT2D eigenvalue weighted by atomic mass is 16.3. The van der Waals surface area contributed by atoms with Crippen molar-refractivity contribution >= 4 is 12.1 Å². The van der Waals surface area contributed by atoms with Crippen molar-refractivity contribution < 1.29 is 19.8 Å². The van der Waals surface area contributed by atoms with Gasteiger partial charge in [0.2, 0.25) is 0 Å². The number of fused-ring (bicyclic) bond motifs is 3. The van der Waals surface area contributed by atoms with Gasteiger partial charge in [-0.25, -0.2) is 0 Å². The summed E-state index contributed by atoms with van der Waals surface area (Å²) >= 11 is 0. The molecule has 0 heterocycles. The summed E-state index contributed by atoms with van der Waals surface area (Å²) in [6.07, 6.45) is 6.74. The lowest BCUT2D eigenvalue weighted by Crippen LogP contribution is -2.46. The van der Waals surface area contributed by atoms with Crippen molar-refractivity contribution in [2.75, 3.05) is 6.61 Å². The molecule has 0 saturated heterocycles. The second-order valence-electron chi connectivity index (χ2n) is 10.8. The molecule has 0 radical (unpaired) electrons. The molecule has 0 aromatic heterocycles. The number of ketones is 1. The van der Waals surface area contributed by atoms with Gasteiger partial charge >= 0.3 is 0 Å². The van der Waals surface area contributed by atoms with Crippen LogP contribution in [0, 0.1) is 28.6 Å². The molecule has 1 saturated carbocycles. The maximum atomic E-state index is 13.1. The molecule has 32 heavy (non-hydrogen) atoms. The Morgan fingerprint density at radius 2 is 1.91 bits per heavy atom. The molecule has 3 aliphatic carbocycles. The quantitative estimate of drug-likeness (QED) is 0.378. The summed E-state index contributed by atoms with van der Waals surface area (Å²) < 4.78 is 0. The van der Waals surface area contributed by atoms with Crippen LogP contribution in [0.15, 0.2) is 53.1 Å². The second kappa shape index (κ2) is 8.72. The van der Waals surface area contributed by atoms with Crippen LogP contribution in [-0.4, -0.2) is 35.0 Å². The van der Waals surface area contributed by atoms with Gasteiger partial charge in [0.25, 0.3) is 0 Å². The Hall–Kier alpha value is -2.04. The molecule has 0 bridgehead atoms. The summed E-state index contributed by atoms with van der Waals surface area (Å²) in [6, 6.07) is 9.24. The van der Waals surface area contributed by atoms with Crippen molar-refractivity contribution in [1.29, 1.82) is 0 Å². The van der Waals surface area contributed by atoms with E-state index in [1.807, 2.05) is 30.3 Å². The number of carbonyl (C=O) groups excluding carboxylic acids is 2. The number of hydrogen-bond donors (Lipinski definition) is 2. The zero-order valence-electron chi connectivity index (χ0n) is 19.5. The minimum atomic E-state index is -0.729. The van der Waals surface area contributed by atoms with Crippen LogP contribution in [0.1, 0.15) is 69.7 Å². The average molecular weight is 437 g/mol. The van der Waals surface area contributed by atoms with Gasteiger partial charge in [0.15, 0.2) is 5.78 Å². The first-order chi connectivity index (χ1) is 15.2. The van der Waals surface area contributed by atoms with Gasteiger partial charge in [-0.3, -0.25) is 9.59 Å². The molecule has 1 fully saturated rings. The molecule has 1 aromatic rings. The highest BCUT2D eigenvalue weighted by molar-refractivity contribution is 5.96. The highest BCUT2D eigenvalue weighted by Crippen LogP contribution is 2.63. The van der Waals surface area contributed by atoms with E-state index in [9.17, 15) is 19.8 Å². The lowest BCUT2D eigenvalue weighted by Gasteiger charge is -2.51. The number of Topliss-reactive ketones (excluding diaryl/α,β-unsaturated/α-hetero) is 1. The molecule has 1 unspecified atom stereocenters. The Morgan fingerprint density at radius 1 is 1.19 bits per heavy atom. The van der Waals surface area contributed by atoms with Crippen LogP contribution in [0.25, 0.3) is 0 Å². The van der Waals surface area contributed by atoms with Crippen LogP contribution in [0.2, 0.25) is 0 Å². The van der Waals surface area contributed by atoms with E-state index in [0.29, 0.717) is 17.6 Å². The van der Waals surface area contributed by atoms with Crippen molar-refractivity contribution in [1.82, 2.24) is 0 Å². The predicted molar refractivity (Wildman–Crippen MR) is 125 cm³/mol. The molecule has 4 heteroatoms.